The van der Waals surface area contributed by atoms with E-state index in [1.54, 1.807) is 43.3 Å². The number of nitrogens with zero attached hydrogens (tertiary/aromatic N) is 2. The van der Waals surface area contributed by atoms with Crippen molar-refractivity contribution in [2.24, 2.45) is 0 Å². The molecule has 0 saturated carbocycles. The first-order chi connectivity index (χ1) is 19.8. The van der Waals surface area contributed by atoms with Crippen molar-refractivity contribution in [1.82, 2.24) is 9.21 Å². The number of amides is 1. The molecule has 1 atom stereocenters. The van der Waals surface area contributed by atoms with Crippen LogP contribution in [0.15, 0.2) is 114 Å². The lowest BCUT2D eigenvalue weighted by Crippen LogP contribution is -2.49. The van der Waals surface area contributed by atoms with E-state index in [1.807, 2.05) is 36.4 Å². The standard InChI is InChI=1S/C32H32ClN3O4S/c1-24(40-30-15-9-8-14-29(30)33)32(37)34-27-16-18-28(19-17-27)41(38,39)36-22-20-35(21-23-36)31(25-10-4-2-5-11-25)26-12-6-3-7-13-26/h2-19,24,31H,20-23H2,1H3,(H,34,37). The molecule has 7 nitrogen and oxygen atoms in total. The fourth-order valence-electron chi connectivity index (χ4n) is 4.97. The average Bonchev–Trinajstić information content (AvgIpc) is 3.00. The number of hydrogen-bond acceptors (Lipinski definition) is 5. The van der Waals surface area contributed by atoms with Crippen LogP contribution in [0.4, 0.5) is 5.69 Å². The van der Waals surface area contributed by atoms with Crippen molar-refractivity contribution in [2.75, 3.05) is 31.5 Å². The fraction of sp³-hybridized carbons (Fsp3) is 0.219. The molecule has 5 rings (SSSR count). The summed E-state index contributed by atoms with van der Waals surface area (Å²) in [5.41, 5.74) is 2.83. The fourth-order valence-corrected chi connectivity index (χ4v) is 6.58. The molecule has 1 heterocycles. The van der Waals surface area contributed by atoms with E-state index in [4.69, 9.17) is 16.3 Å². The Morgan fingerprint density at radius 1 is 0.780 bits per heavy atom. The van der Waals surface area contributed by atoms with Gasteiger partial charge in [-0.25, -0.2) is 8.42 Å². The molecule has 1 aliphatic rings. The molecule has 1 unspecified atom stereocenters. The topological polar surface area (TPSA) is 78.9 Å². The van der Waals surface area contributed by atoms with Crippen LogP contribution >= 0.6 is 11.6 Å². The summed E-state index contributed by atoms with van der Waals surface area (Å²) in [6.07, 6.45) is -0.801. The van der Waals surface area contributed by atoms with Gasteiger partial charge in [-0.05, 0) is 54.4 Å². The zero-order chi connectivity index (χ0) is 28.8. The number of ether oxygens (including phenoxy) is 1. The normalized spacial score (nSPS) is 15.4. The second-order valence-electron chi connectivity index (χ2n) is 9.87. The molecular weight excluding hydrogens is 558 g/mol. The molecule has 41 heavy (non-hydrogen) atoms. The molecule has 4 aromatic rings. The Labute approximate surface area is 246 Å². The van der Waals surface area contributed by atoms with Crippen molar-refractivity contribution in [3.05, 3.63) is 125 Å². The lowest BCUT2D eigenvalue weighted by Gasteiger charge is -2.39. The summed E-state index contributed by atoms with van der Waals surface area (Å²) in [7, 11) is -3.69. The van der Waals surface area contributed by atoms with Gasteiger partial charge in [0.2, 0.25) is 10.0 Å². The summed E-state index contributed by atoms with van der Waals surface area (Å²) in [5, 5.41) is 3.18. The second kappa shape index (κ2) is 12.9. The van der Waals surface area contributed by atoms with Crippen LogP contribution in [-0.2, 0) is 14.8 Å². The lowest BCUT2D eigenvalue weighted by atomic mass is 9.96. The van der Waals surface area contributed by atoms with Gasteiger partial charge in [0, 0.05) is 31.9 Å². The number of carbonyl (C=O) groups excluding carboxylic acids is 1. The van der Waals surface area contributed by atoms with Gasteiger partial charge >= 0.3 is 0 Å². The van der Waals surface area contributed by atoms with Crippen molar-refractivity contribution < 1.29 is 17.9 Å². The van der Waals surface area contributed by atoms with E-state index < -0.39 is 16.1 Å². The maximum Gasteiger partial charge on any atom is 0.265 e. The third-order valence-corrected chi connectivity index (χ3v) is 9.36. The van der Waals surface area contributed by atoms with E-state index in [-0.39, 0.29) is 16.8 Å². The van der Waals surface area contributed by atoms with Crippen LogP contribution in [-0.4, -0.2) is 55.8 Å². The van der Waals surface area contributed by atoms with E-state index >= 15 is 0 Å². The minimum absolute atomic E-state index is 0.0504. The first-order valence-electron chi connectivity index (χ1n) is 13.5. The van der Waals surface area contributed by atoms with Gasteiger partial charge in [0.1, 0.15) is 5.75 Å². The van der Waals surface area contributed by atoms with Crippen molar-refractivity contribution >= 4 is 33.2 Å². The highest BCUT2D eigenvalue weighted by atomic mass is 35.5. The molecule has 1 fully saturated rings. The highest BCUT2D eigenvalue weighted by Gasteiger charge is 2.32. The van der Waals surface area contributed by atoms with Crippen LogP contribution in [0.2, 0.25) is 5.02 Å². The van der Waals surface area contributed by atoms with Gasteiger partial charge in [-0.1, -0.05) is 84.4 Å². The maximum absolute atomic E-state index is 13.5. The molecule has 0 spiro atoms. The number of anilines is 1. The third-order valence-electron chi connectivity index (χ3n) is 7.14. The zero-order valence-electron chi connectivity index (χ0n) is 22.7. The molecule has 0 bridgehead atoms. The smallest absolute Gasteiger partial charge is 0.265 e. The predicted octanol–water partition coefficient (Wildman–Crippen LogP) is 5.84. The third kappa shape index (κ3) is 6.80. The van der Waals surface area contributed by atoms with E-state index in [2.05, 4.69) is 34.5 Å². The molecule has 1 N–H and O–H groups in total. The van der Waals surface area contributed by atoms with E-state index in [1.165, 1.54) is 27.6 Å². The van der Waals surface area contributed by atoms with Crippen molar-refractivity contribution in [2.45, 2.75) is 24.0 Å². The number of para-hydroxylation sites is 1. The van der Waals surface area contributed by atoms with Gasteiger partial charge in [0.25, 0.3) is 5.91 Å². The number of benzene rings is 4. The summed E-state index contributed by atoms with van der Waals surface area (Å²) in [6.45, 7) is 3.59. The second-order valence-corrected chi connectivity index (χ2v) is 12.2. The Morgan fingerprint density at radius 2 is 1.32 bits per heavy atom. The molecule has 1 amide bonds. The van der Waals surface area contributed by atoms with Crippen molar-refractivity contribution in [3.8, 4) is 5.75 Å². The van der Waals surface area contributed by atoms with Crippen LogP contribution in [0.25, 0.3) is 0 Å². The maximum atomic E-state index is 13.5. The highest BCUT2D eigenvalue weighted by molar-refractivity contribution is 7.89. The monoisotopic (exact) mass is 589 g/mol. The summed E-state index contributed by atoms with van der Waals surface area (Å²) in [6, 6.07) is 33.8. The summed E-state index contributed by atoms with van der Waals surface area (Å²) in [4.78, 5) is 15.2. The molecule has 9 heteroatoms. The number of sulfonamides is 1. The number of nitrogens with one attached hydrogen (secondary N) is 1. The largest absolute Gasteiger partial charge is 0.479 e. The minimum Gasteiger partial charge on any atom is -0.479 e. The highest BCUT2D eigenvalue weighted by Crippen LogP contribution is 2.31. The van der Waals surface area contributed by atoms with Gasteiger partial charge in [-0.2, -0.15) is 4.31 Å². The molecule has 0 radical (unpaired) electrons. The lowest BCUT2D eigenvalue weighted by molar-refractivity contribution is -0.122. The Morgan fingerprint density at radius 3 is 1.88 bits per heavy atom. The van der Waals surface area contributed by atoms with Gasteiger partial charge in [0.15, 0.2) is 6.10 Å². The van der Waals surface area contributed by atoms with E-state index in [0.29, 0.717) is 42.6 Å². The predicted molar refractivity (Wildman–Crippen MR) is 162 cm³/mol. The molecule has 1 saturated heterocycles. The Hall–Kier alpha value is -3.69. The first kappa shape index (κ1) is 28.8. The van der Waals surface area contributed by atoms with Gasteiger partial charge in [0.05, 0.1) is 16.0 Å². The Kier molecular flexibility index (Phi) is 9.05. The molecule has 1 aliphatic heterocycles. The average molecular weight is 590 g/mol. The Bertz CT molecular complexity index is 1520. The van der Waals surface area contributed by atoms with Crippen LogP contribution in [0.5, 0.6) is 5.75 Å². The van der Waals surface area contributed by atoms with Crippen molar-refractivity contribution in [3.63, 3.8) is 0 Å². The molecule has 0 aromatic heterocycles. The van der Waals surface area contributed by atoms with Crippen LogP contribution < -0.4 is 10.1 Å². The van der Waals surface area contributed by atoms with Crippen LogP contribution in [0.1, 0.15) is 24.1 Å². The van der Waals surface area contributed by atoms with Crippen LogP contribution in [0.3, 0.4) is 0 Å². The van der Waals surface area contributed by atoms with E-state index in [0.717, 1.165) is 0 Å². The number of rotatable bonds is 9. The minimum atomic E-state index is -3.69. The first-order valence-corrected chi connectivity index (χ1v) is 15.3. The molecule has 4 aromatic carbocycles. The van der Waals surface area contributed by atoms with Gasteiger partial charge in [-0.3, -0.25) is 9.69 Å². The quantitative estimate of drug-likeness (QED) is 0.265. The summed E-state index contributed by atoms with van der Waals surface area (Å²) >= 11 is 6.12. The molecule has 0 aliphatic carbocycles. The van der Waals surface area contributed by atoms with Crippen LogP contribution in [0, 0.1) is 0 Å². The number of halogens is 1. The van der Waals surface area contributed by atoms with E-state index in [9.17, 15) is 13.2 Å². The number of piperazine rings is 1. The van der Waals surface area contributed by atoms with Gasteiger partial charge < -0.3 is 10.1 Å². The molecular formula is C32H32ClN3O4S. The summed E-state index contributed by atoms with van der Waals surface area (Å²) < 4.78 is 34.1. The number of carbonyl (C=O) groups is 1. The molecule has 212 valence electrons. The SMILES string of the molecule is CC(Oc1ccccc1Cl)C(=O)Nc1ccc(S(=O)(=O)N2CCN(C(c3ccccc3)c3ccccc3)CC2)cc1. The number of hydrogen-bond donors (Lipinski definition) is 1. The van der Waals surface area contributed by atoms with Crippen molar-refractivity contribution in [1.29, 1.82) is 0 Å². The zero-order valence-corrected chi connectivity index (χ0v) is 24.3. The Balaban J connectivity index is 1.22. The summed E-state index contributed by atoms with van der Waals surface area (Å²) in [5.74, 6) is 0.0419. The van der Waals surface area contributed by atoms with Gasteiger partial charge in [-0.15, -0.1) is 0 Å².